The van der Waals surface area contributed by atoms with E-state index in [0.717, 1.165) is 23.3 Å². The summed E-state index contributed by atoms with van der Waals surface area (Å²) in [5, 5.41) is 5.83. The van der Waals surface area contributed by atoms with Gasteiger partial charge in [0.1, 0.15) is 4.88 Å². The molecule has 0 saturated carbocycles. The molecule has 0 fully saturated rings. The first kappa shape index (κ1) is 19.4. The van der Waals surface area contributed by atoms with E-state index in [4.69, 9.17) is 9.15 Å². The summed E-state index contributed by atoms with van der Waals surface area (Å²) in [6.45, 7) is 1.59. The van der Waals surface area contributed by atoms with E-state index >= 15 is 0 Å². The van der Waals surface area contributed by atoms with Crippen LogP contribution in [0.2, 0.25) is 0 Å². The van der Waals surface area contributed by atoms with Gasteiger partial charge in [-0.05, 0) is 42.3 Å². The number of furan rings is 1. The third-order valence-electron chi connectivity index (χ3n) is 3.80. The number of anilines is 2. The Hall–Kier alpha value is -3.39. The van der Waals surface area contributed by atoms with E-state index < -0.39 is 24.4 Å². The van der Waals surface area contributed by atoms with Crippen molar-refractivity contribution in [2.24, 2.45) is 0 Å². The maximum Gasteiger partial charge on any atom is 0.348 e. The fraction of sp³-hybridized carbons (Fsp3) is 0.150. The molecule has 144 valence electrons. The number of carbonyl (C=O) groups excluding carboxylic acids is 3. The number of hydrogen-bond acceptors (Lipinski definition) is 6. The van der Waals surface area contributed by atoms with Gasteiger partial charge >= 0.3 is 5.97 Å². The topological polar surface area (TPSA) is 97.6 Å². The Balaban J connectivity index is 1.51. The number of nitrogens with one attached hydrogen (secondary N) is 2. The molecular formula is C20H18N2O5S. The molecule has 2 heterocycles. The highest BCUT2D eigenvalue weighted by Crippen LogP contribution is 2.23. The first-order chi connectivity index (χ1) is 13.6. The highest BCUT2D eigenvalue weighted by atomic mass is 32.1. The number of thiophene rings is 1. The molecule has 0 spiro atoms. The minimum atomic E-state index is -0.637. The quantitative estimate of drug-likeness (QED) is 0.587. The van der Waals surface area contributed by atoms with Crippen LogP contribution in [0.3, 0.4) is 0 Å². The second-order valence-corrected chi connectivity index (χ2v) is 6.81. The highest BCUT2D eigenvalue weighted by Gasteiger charge is 2.16. The van der Waals surface area contributed by atoms with Gasteiger partial charge < -0.3 is 19.8 Å². The SMILES string of the molecule is CCc1ccccc1NC(=O)COC(=O)c1ccc(NC(=O)c2ccco2)s1. The van der Waals surface area contributed by atoms with Crippen LogP contribution in [0.15, 0.2) is 59.2 Å². The lowest BCUT2D eigenvalue weighted by atomic mass is 10.1. The van der Waals surface area contributed by atoms with Crippen LogP contribution >= 0.6 is 11.3 Å². The number of benzene rings is 1. The number of ether oxygens (including phenoxy) is 1. The summed E-state index contributed by atoms with van der Waals surface area (Å²) in [5.74, 6) is -1.30. The lowest BCUT2D eigenvalue weighted by Crippen LogP contribution is -2.21. The number of rotatable bonds is 7. The van der Waals surface area contributed by atoms with Crippen molar-refractivity contribution in [3.63, 3.8) is 0 Å². The number of para-hydroxylation sites is 1. The molecule has 3 rings (SSSR count). The van der Waals surface area contributed by atoms with E-state index in [1.807, 2.05) is 25.1 Å². The number of amides is 2. The Morgan fingerprint density at radius 1 is 1.04 bits per heavy atom. The van der Waals surface area contributed by atoms with Crippen LogP contribution in [0.25, 0.3) is 0 Å². The summed E-state index contributed by atoms with van der Waals surface area (Å²) in [6.07, 6.45) is 2.17. The van der Waals surface area contributed by atoms with Crippen molar-refractivity contribution in [1.82, 2.24) is 0 Å². The number of aryl methyl sites for hydroxylation is 1. The van der Waals surface area contributed by atoms with Gasteiger partial charge in [0.05, 0.1) is 11.3 Å². The third kappa shape index (κ3) is 4.86. The number of esters is 1. The van der Waals surface area contributed by atoms with Crippen LogP contribution in [0.5, 0.6) is 0 Å². The van der Waals surface area contributed by atoms with E-state index in [1.165, 1.54) is 18.4 Å². The van der Waals surface area contributed by atoms with Gasteiger partial charge in [0.2, 0.25) is 0 Å². The molecule has 2 N–H and O–H groups in total. The fourth-order valence-electron chi connectivity index (χ4n) is 2.44. The standard InChI is InChI=1S/C20H18N2O5S/c1-2-13-6-3-4-7-14(13)21-17(23)12-27-20(25)16-9-10-18(28-16)22-19(24)15-8-5-11-26-15/h3-11H,2,12H2,1H3,(H,21,23)(H,22,24). The fourth-order valence-corrected chi connectivity index (χ4v) is 3.23. The van der Waals surface area contributed by atoms with Crippen LogP contribution in [0.1, 0.15) is 32.7 Å². The summed E-state index contributed by atoms with van der Waals surface area (Å²) in [5.41, 5.74) is 1.70. The van der Waals surface area contributed by atoms with E-state index in [-0.39, 0.29) is 10.6 Å². The Bertz CT molecular complexity index is 978. The summed E-state index contributed by atoms with van der Waals surface area (Å²) in [6, 6.07) is 13.7. The molecule has 28 heavy (non-hydrogen) atoms. The zero-order valence-corrected chi connectivity index (χ0v) is 15.9. The molecule has 0 aliphatic heterocycles. The molecule has 2 aromatic heterocycles. The summed E-state index contributed by atoms with van der Waals surface area (Å²) < 4.78 is 10.1. The average molecular weight is 398 g/mol. The van der Waals surface area contributed by atoms with Gasteiger partial charge in [0.15, 0.2) is 12.4 Å². The third-order valence-corrected chi connectivity index (χ3v) is 4.78. The molecule has 1 aromatic carbocycles. The van der Waals surface area contributed by atoms with Crippen molar-refractivity contribution in [3.8, 4) is 0 Å². The van der Waals surface area contributed by atoms with E-state index in [0.29, 0.717) is 10.7 Å². The molecule has 0 unspecified atom stereocenters. The average Bonchev–Trinajstić information content (AvgIpc) is 3.38. The van der Waals surface area contributed by atoms with E-state index in [2.05, 4.69) is 10.6 Å². The Labute approximate surface area is 165 Å². The predicted molar refractivity (Wildman–Crippen MR) is 106 cm³/mol. The van der Waals surface area contributed by atoms with Crippen molar-refractivity contribution in [3.05, 3.63) is 71.0 Å². The summed E-state index contributed by atoms with van der Waals surface area (Å²) >= 11 is 1.05. The Kier molecular flexibility index (Phi) is 6.23. The molecule has 0 radical (unpaired) electrons. The molecule has 0 bridgehead atoms. The molecule has 2 amide bonds. The molecule has 0 aliphatic carbocycles. The van der Waals surface area contributed by atoms with Crippen molar-refractivity contribution < 1.29 is 23.5 Å². The number of carbonyl (C=O) groups is 3. The zero-order chi connectivity index (χ0) is 19.9. The zero-order valence-electron chi connectivity index (χ0n) is 15.1. The monoisotopic (exact) mass is 398 g/mol. The van der Waals surface area contributed by atoms with Crippen molar-refractivity contribution in [2.45, 2.75) is 13.3 Å². The molecule has 0 atom stereocenters. The van der Waals surface area contributed by atoms with Crippen LogP contribution < -0.4 is 10.6 Å². The smallest absolute Gasteiger partial charge is 0.348 e. The molecule has 0 saturated heterocycles. The minimum Gasteiger partial charge on any atom is -0.459 e. The molecule has 7 nitrogen and oxygen atoms in total. The first-order valence-corrected chi connectivity index (χ1v) is 9.38. The maximum absolute atomic E-state index is 12.1. The van der Waals surface area contributed by atoms with E-state index in [9.17, 15) is 14.4 Å². The highest BCUT2D eigenvalue weighted by molar-refractivity contribution is 7.18. The second-order valence-electron chi connectivity index (χ2n) is 5.73. The van der Waals surface area contributed by atoms with Gasteiger partial charge in [-0.25, -0.2) is 4.79 Å². The minimum absolute atomic E-state index is 0.168. The van der Waals surface area contributed by atoms with Crippen molar-refractivity contribution in [1.29, 1.82) is 0 Å². The van der Waals surface area contributed by atoms with E-state index in [1.54, 1.807) is 18.2 Å². The number of hydrogen-bond donors (Lipinski definition) is 2. The largest absolute Gasteiger partial charge is 0.459 e. The van der Waals surface area contributed by atoms with Crippen molar-refractivity contribution >= 4 is 39.8 Å². The Morgan fingerprint density at radius 2 is 1.86 bits per heavy atom. The van der Waals surface area contributed by atoms with Gasteiger partial charge in [0, 0.05) is 5.69 Å². The van der Waals surface area contributed by atoms with Crippen LogP contribution in [0.4, 0.5) is 10.7 Å². The second kappa shape index (κ2) is 9.01. The van der Waals surface area contributed by atoms with Gasteiger partial charge in [0.25, 0.3) is 11.8 Å². The normalized spacial score (nSPS) is 10.3. The first-order valence-electron chi connectivity index (χ1n) is 8.56. The van der Waals surface area contributed by atoms with Crippen LogP contribution in [0, 0.1) is 0 Å². The van der Waals surface area contributed by atoms with Crippen LogP contribution in [-0.4, -0.2) is 24.4 Å². The molecule has 8 heteroatoms. The molecular weight excluding hydrogens is 380 g/mol. The maximum atomic E-state index is 12.1. The van der Waals surface area contributed by atoms with Gasteiger partial charge in [-0.15, -0.1) is 11.3 Å². The van der Waals surface area contributed by atoms with Crippen molar-refractivity contribution in [2.75, 3.05) is 17.2 Å². The van der Waals surface area contributed by atoms with Crippen LogP contribution in [-0.2, 0) is 16.0 Å². The summed E-state index contributed by atoms with van der Waals surface area (Å²) in [4.78, 5) is 36.4. The van der Waals surface area contributed by atoms with Gasteiger partial charge in [-0.1, -0.05) is 25.1 Å². The lowest BCUT2D eigenvalue weighted by molar-refractivity contribution is -0.119. The van der Waals surface area contributed by atoms with Gasteiger partial charge in [-0.2, -0.15) is 0 Å². The lowest BCUT2D eigenvalue weighted by Gasteiger charge is -2.09. The molecule has 0 aliphatic rings. The predicted octanol–water partition coefficient (Wildman–Crippen LogP) is 3.95. The van der Waals surface area contributed by atoms with Gasteiger partial charge in [-0.3, -0.25) is 9.59 Å². The Morgan fingerprint density at radius 3 is 2.61 bits per heavy atom. The summed E-state index contributed by atoms with van der Waals surface area (Å²) in [7, 11) is 0. The molecule has 3 aromatic rings.